The van der Waals surface area contributed by atoms with Crippen molar-refractivity contribution in [1.82, 2.24) is 14.9 Å². The zero-order valence-corrected chi connectivity index (χ0v) is 15.1. The molecule has 1 aromatic carbocycles. The molecule has 3 aromatic rings. The molecule has 0 aliphatic rings. The van der Waals surface area contributed by atoms with E-state index in [2.05, 4.69) is 10.3 Å². The lowest BCUT2D eigenvalue weighted by atomic mass is 10.1. The maximum absolute atomic E-state index is 12.4. The summed E-state index contributed by atoms with van der Waals surface area (Å²) in [5.74, 6) is 0.363. The molecule has 0 atom stereocenters. The van der Waals surface area contributed by atoms with Gasteiger partial charge in [-0.05, 0) is 49.7 Å². The molecule has 6 heteroatoms. The molecule has 2 heterocycles. The molecule has 6 nitrogen and oxygen atoms in total. The van der Waals surface area contributed by atoms with E-state index in [1.807, 2.05) is 32.0 Å². The molecular formula is C20H21N3O3. The molecule has 0 aliphatic carbocycles. The molecule has 1 amide bonds. The zero-order chi connectivity index (χ0) is 18.7. The van der Waals surface area contributed by atoms with Gasteiger partial charge in [0.25, 0.3) is 11.5 Å². The van der Waals surface area contributed by atoms with Crippen LogP contribution in [0, 0.1) is 13.8 Å². The van der Waals surface area contributed by atoms with E-state index in [9.17, 15) is 9.59 Å². The second-order valence-corrected chi connectivity index (χ2v) is 6.14. The fraction of sp³-hybridized carbons (Fsp3) is 0.250. The SMILES string of the molecule is COc1cc(C)n(CCNC(=O)c2ccc3nccc(C)c3c2)c(=O)c1. The van der Waals surface area contributed by atoms with Gasteiger partial charge in [0.1, 0.15) is 5.75 Å². The van der Waals surface area contributed by atoms with Crippen molar-refractivity contribution < 1.29 is 9.53 Å². The van der Waals surface area contributed by atoms with Crippen molar-refractivity contribution in [3.63, 3.8) is 0 Å². The van der Waals surface area contributed by atoms with Crippen molar-refractivity contribution in [1.29, 1.82) is 0 Å². The number of hydrogen-bond acceptors (Lipinski definition) is 4. The number of pyridine rings is 2. The number of benzene rings is 1. The fourth-order valence-corrected chi connectivity index (χ4v) is 2.91. The first-order valence-corrected chi connectivity index (χ1v) is 8.38. The number of amides is 1. The summed E-state index contributed by atoms with van der Waals surface area (Å²) in [6, 6.07) is 10.6. The van der Waals surface area contributed by atoms with Gasteiger partial charge in [0.2, 0.25) is 0 Å². The average molecular weight is 351 g/mol. The Bertz CT molecular complexity index is 1020. The Morgan fingerprint density at radius 1 is 1.19 bits per heavy atom. The second-order valence-electron chi connectivity index (χ2n) is 6.14. The third kappa shape index (κ3) is 3.59. The molecule has 0 saturated carbocycles. The molecule has 0 fully saturated rings. The highest BCUT2D eigenvalue weighted by atomic mass is 16.5. The summed E-state index contributed by atoms with van der Waals surface area (Å²) >= 11 is 0. The van der Waals surface area contributed by atoms with Crippen molar-refractivity contribution in [3.05, 3.63) is 69.8 Å². The molecule has 0 spiro atoms. The van der Waals surface area contributed by atoms with E-state index in [-0.39, 0.29) is 11.5 Å². The van der Waals surface area contributed by atoms with Crippen LogP contribution in [0.4, 0.5) is 0 Å². The summed E-state index contributed by atoms with van der Waals surface area (Å²) in [6.07, 6.45) is 1.76. The van der Waals surface area contributed by atoms with Gasteiger partial charge in [-0.1, -0.05) is 0 Å². The van der Waals surface area contributed by atoms with Gasteiger partial charge < -0.3 is 14.6 Å². The third-order valence-corrected chi connectivity index (χ3v) is 4.39. The number of ether oxygens (including phenoxy) is 1. The predicted octanol–water partition coefficient (Wildman–Crippen LogP) is 2.45. The number of carbonyl (C=O) groups is 1. The number of nitrogens with one attached hydrogen (secondary N) is 1. The van der Waals surface area contributed by atoms with Crippen LogP contribution >= 0.6 is 0 Å². The van der Waals surface area contributed by atoms with Crippen LogP contribution in [0.15, 0.2) is 47.4 Å². The van der Waals surface area contributed by atoms with Crippen molar-refractivity contribution >= 4 is 16.8 Å². The minimum atomic E-state index is -0.172. The Balaban J connectivity index is 1.70. The molecule has 0 saturated heterocycles. The van der Waals surface area contributed by atoms with Crippen molar-refractivity contribution in [3.8, 4) is 5.75 Å². The summed E-state index contributed by atoms with van der Waals surface area (Å²) in [6.45, 7) is 4.58. The van der Waals surface area contributed by atoms with Crippen LogP contribution in [0.5, 0.6) is 5.75 Å². The number of carbonyl (C=O) groups excluding carboxylic acids is 1. The first-order valence-electron chi connectivity index (χ1n) is 8.38. The highest BCUT2D eigenvalue weighted by Crippen LogP contribution is 2.17. The molecule has 0 aliphatic heterocycles. The van der Waals surface area contributed by atoms with Crippen LogP contribution in [0.2, 0.25) is 0 Å². The van der Waals surface area contributed by atoms with E-state index < -0.39 is 0 Å². The van der Waals surface area contributed by atoms with E-state index in [4.69, 9.17) is 4.74 Å². The predicted molar refractivity (Wildman–Crippen MR) is 101 cm³/mol. The van der Waals surface area contributed by atoms with Crippen molar-refractivity contribution in [2.45, 2.75) is 20.4 Å². The molecule has 26 heavy (non-hydrogen) atoms. The number of aryl methyl sites for hydroxylation is 2. The van der Waals surface area contributed by atoms with Gasteiger partial charge in [0, 0.05) is 42.0 Å². The number of nitrogens with zero attached hydrogens (tertiary/aromatic N) is 2. The van der Waals surface area contributed by atoms with Crippen LogP contribution < -0.4 is 15.6 Å². The van der Waals surface area contributed by atoms with E-state index in [0.29, 0.717) is 24.4 Å². The average Bonchev–Trinajstić information content (AvgIpc) is 2.63. The van der Waals surface area contributed by atoms with Crippen LogP contribution in [0.3, 0.4) is 0 Å². The van der Waals surface area contributed by atoms with E-state index in [1.165, 1.54) is 13.2 Å². The van der Waals surface area contributed by atoms with E-state index in [0.717, 1.165) is 22.2 Å². The van der Waals surface area contributed by atoms with Gasteiger partial charge in [-0.15, -0.1) is 0 Å². The first kappa shape index (κ1) is 17.7. The summed E-state index contributed by atoms with van der Waals surface area (Å²) in [5.41, 5.74) is 3.15. The topological polar surface area (TPSA) is 73.2 Å². The highest BCUT2D eigenvalue weighted by Gasteiger charge is 2.09. The minimum absolute atomic E-state index is 0.150. The van der Waals surface area contributed by atoms with Gasteiger partial charge in [0.05, 0.1) is 12.6 Å². The molecule has 0 bridgehead atoms. The number of fused-ring (bicyclic) bond motifs is 1. The standard InChI is InChI=1S/C20H21N3O3/c1-13-6-7-21-18-5-4-15(11-17(13)18)20(25)22-8-9-23-14(2)10-16(26-3)12-19(23)24/h4-7,10-12H,8-9H2,1-3H3,(H,22,25). The zero-order valence-electron chi connectivity index (χ0n) is 15.1. The summed E-state index contributed by atoms with van der Waals surface area (Å²) in [7, 11) is 1.53. The molecule has 1 N–H and O–H groups in total. The lowest BCUT2D eigenvalue weighted by Gasteiger charge is -2.12. The Kier molecular flexibility index (Phi) is 5.02. The normalized spacial score (nSPS) is 10.7. The van der Waals surface area contributed by atoms with Gasteiger partial charge in [0.15, 0.2) is 0 Å². The van der Waals surface area contributed by atoms with E-state index >= 15 is 0 Å². The number of methoxy groups -OCH3 is 1. The number of aromatic nitrogens is 2. The molecular weight excluding hydrogens is 330 g/mol. The Labute approximate surface area is 151 Å². The van der Waals surface area contributed by atoms with Crippen LogP contribution in [-0.2, 0) is 6.54 Å². The molecule has 0 unspecified atom stereocenters. The lowest BCUT2D eigenvalue weighted by Crippen LogP contribution is -2.31. The van der Waals surface area contributed by atoms with Gasteiger partial charge in [-0.3, -0.25) is 14.6 Å². The first-order chi connectivity index (χ1) is 12.5. The second kappa shape index (κ2) is 7.39. The van der Waals surface area contributed by atoms with Gasteiger partial charge >= 0.3 is 0 Å². The van der Waals surface area contributed by atoms with Gasteiger partial charge in [-0.2, -0.15) is 0 Å². The van der Waals surface area contributed by atoms with Crippen LogP contribution in [0.25, 0.3) is 10.9 Å². The minimum Gasteiger partial charge on any atom is -0.496 e. The largest absolute Gasteiger partial charge is 0.496 e. The molecule has 134 valence electrons. The third-order valence-electron chi connectivity index (χ3n) is 4.39. The van der Waals surface area contributed by atoms with Crippen molar-refractivity contribution in [2.75, 3.05) is 13.7 Å². The Morgan fingerprint density at radius 3 is 2.73 bits per heavy atom. The van der Waals surface area contributed by atoms with Crippen molar-refractivity contribution in [2.24, 2.45) is 0 Å². The summed E-state index contributed by atoms with van der Waals surface area (Å²) < 4.78 is 6.70. The monoisotopic (exact) mass is 351 g/mol. The molecule has 3 rings (SSSR count). The maximum atomic E-state index is 12.4. The lowest BCUT2D eigenvalue weighted by molar-refractivity contribution is 0.0952. The summed E-state index contributed by atoms with van der Waals surface area (Å²) in [4.78, 5) is 28.8. The quantitative estimate of drug-likeness (QED) is 0.766. The summed E-state index contributed by atoms with van der Waals surface area (Å²) in [5, 5.41) is 3.82. The van der Waals surface area contributed by atoms with Gasteiger partial charge in [-0.25, -0.2) is 0 Å². The van der Waals surface area contributed by atoms with Crippen LogP contribution in [0.1, 0.15) is 21.6 Å². The maximum Gasteiger partial charge on any atom is 0.254 e. The molecule has 2 aromatic heterocycles. The Hall–Kier alpha value is -3.15. The van der Waals surface area contributed by atoms with E-state index in [1.54, 1.807) is 22.9 Å². The smallest absolute Gasteiger partial charge is 0.254 e. The number of rotatable bonds is 5. The Morgan fingerprint density at radius 2 is 2.00 bits per heavy atom. The molecule has 0 radical (unpaired) electrons. The van der Waals surface area contributed by atoms with Crippen LogP contribution in [-0.4, -0.2) is 29.1 Å². The highest BCUT2D eigenvalue weighted by molar-refractivity contribution is 5.98. The number of hydrogen-bond donors (Lipinski definition) is 1. The fourth-order valence-electron chi connectivity index (χ4n) is 2.91.